The Morgan fingerprint density at radius 1 is 0.971 bits per heavy atom. The van der Waals surface area contributed by atoms with E-state index in [4.69, 9.17) is 4.74 Å². The van der Waals surface area contributed by atoms with Gasteiger partial charge in [0, 0.05) is 18.1 Å². The fourth-order valence-electron chi connectivity index (χ4n) is 5.79. The molecule has 0 saturated heterocycles. The van der Waals surface area contributed by atoms with Crippen molar-refractivity contribution in [3.8, 4) is 11.5 Å². The number of ketones is 2. The lowest BCUT2D eigenvalue weighted by Crippen LogP contribution is -2.53. The normalized spacial score (nSPS) is 19.0. The first-order chi connectivity index (χ1) is 16.5. The number of benzene rings is 3. The van der Waals surface area contributed by atoms with E-state index in [0.29, 0.717) is 6.42 Å². The number of hydrogen-bond donors (Lipinski definition) is 1. The van der Waals surface area contributed by atoms with Crippen LogP contribution in [0.15, 0.2) is 54.6 Å². The van der Waals surface area contributed by atoms with E-state index in [1.54, 1.807) is 12.1 Å². The first kappa shape index (κ1) is 23.2. The maximum absolute atomic E-state index is 13.8. The van der Waals surface area contributed by atoms with Gasteiger partial charge in [-0.05, 0) is 47.6 Å². The molecular weight excluding hydrogens is 456 g/mol. The number of esters is 1. The largest absolute Gasteiger partial charge is 0.507 e. The highest BCUT2D eigenvalue weighted by Gasteiger charge is 2.47. The summed E-state index contributed by atoms with van der Waals surface area (Å²) in [4.78, 5) is 38.9. The number of carbonyl (C=O) groups excluding carboxylic acids is 3. The van der Waals surface area contributed by atoms with Crippen molar-refractivity contribution in [2.75, 3.05) is 0 Å². The smallest absolute Gasteiger partial charge is 0.308 e. The van der Waals surface area contributed by atoms with Crippen molar-refractivity contribution in [1.82, 2.24) is 0 Å². The Labute approximate surface area is 205 Å². The summed E-state index contributed by atoms with van der Waals surface area (Å²) in [7, 11) is -1.93. The van der Waals surface area contributed by atoms with Gasteiger partial charge in [0.25, 0.3) is 0 Å². The van der Waals surface area contributed by atoms with Crippen LogP contribution < -0.4 is 9.92 Å². The molecule has 0 aliphatic heterocycles. The predicted molar refractivity (Wildman–Crippen MR) is 137 cm³/mol. The molecule has 6 heteroatoms. The zero-order valence-corrected chi connectivity index (χ0v) is 21.4. The molecule has 3 aromatic carbocycles. The van der Waals surface area contributed by atoms with Crippen LogP contribution in [0.5, 0.6) is 11.5 Å². The third-order valence-corrected chi connectivity index (χ3v) is 13.4. The van der Waals surface area contributed by atoms with Gasteiger partial charge in [-0.15, -0.1) is 0 Å². The molecule has 2 aliphatic carbocycles. The van der Waals surface area contributed by atoms with Crippen molar-refractivity contribution in [2.24, 2.45) is 0 Å². The second kappa shape index (κ2) is 8.02. The molecule has 3 aromatic rings. The molecule has 2 aliphatic rings. The maximum atomic E-state index is 13.8. The summed E-state index contributed by atoms with van der Waals surface area (Å²) < 4.78 is 5.28. The van der Waals surface area contributed by atoms with E-state index in [2.05, 4.69) is 44.3 Å². The lowest BCUT2D eigenvalue weighted by molar-refractivity contribution is -0.131. The summed E-state index contributed by atoms with van der Waals surface area (Å²) in [6.45, 7) is 8.33. The van der Waals surface area contributed by atoms with Crippen molar-refractivity contribution in [1.29, 1.82) is 0 Å². The van der Waals surface area contributed by atoms with Gasteiger partial charge in [0.05, 0.1) is 19.2 Å². The van der Waals surface area contributed by atoms with Gasteiger partial charge < -0.3 is 9.84 Å². The summed E-state index contributed by atoms with van der Waals surface area (Å²) in [5, 5.41) is 12.4. The van der Waals surface area contributed by atoms with E-state index in [-0.39, 0.29) is 44.6 Å². The summed E-state index contributed by atoms with van der Waals surface area (Å²) in [5.74, 6) is -1.44. The van der Waals surface area contributed by atoms with Gasteiger partial charge in [-0.3, -0.25) is 14.4 Å². The minimum absolute atomic E-state index is 0.00453. The Balaban J connectivity index is 1.64. The molecule has 5 nitrogen and oxygen atoms in total. The van der Waals surface area contributed by atoms with Crippen LogP contribution in [0.4, 0.5) is 0 Å². The van der Waals surface area contributed by atoms with Crippen LogP contribution in [0.25, 0.3) is 0 Å². The van der Waals surface area contributed by atoms with Gasteiger partial charge in [0.1, 0.15) is 11.5 Å². The minimum atomic E-state index is -1.93. The molecule has 1 N–H and O–H groups in total. The Hall–Kier alpha value is -3.51. The molecule has 178 valence electrons. The standard InChI is InChI=1S/C29H28O5Si/c1-17(30)34-23-12-8-11-21-24(23)28(33)25-20-13-14-29(2,35(3,4)19-9-6-5-7-10-19)16-18(20)15-22(31)26(25)27(21)32/h5-12,15,31H,13-14,16H2,1-4H3. The average molecular weight is 485 g/mol. The van der Waals surface area contributed by atoms with Gasteiger partial charge in [0.15, 0.2) is 11.6 Å². The quantitative estimate of drug-likeness (QED) is 0.253. The van der Waals surface area contributed by atoms with Crippen molar-refractivity contribution >= 4 is 30.8 Å². The van der Waals surface area contributed by atoms with Crippen molar-refractivity contribution in [3.63, 3.8) is 0 Å². The van der Waals surface area contributed by atoms with Crippen LogP contribution in [0.3, 0.4) is 0 Å². The summed E-state index contributed by atoms with van der Waals surface area (Å²) in [6.07, 6.45) is 2.24. The highest BCUT2D eigenvalue weighted by molar-refractivity contribution is 6.92. The number of ether oxygens (including phenoxy) is 1. The van der Waals surface area contributed by atoms with E-state index in [0.717, 1.165) is 24.0 Å². The average Bonchev–Trinajstić information content (AvgIpc) is 2.81. The number of phenols is 1. The highest BCUT2D eigenvalue weighted by atomic mass is 28.3. The number of aromatic hydroxyl groups is 1. The van der Waals surface area contributed by atoms with Crippen molar-refractivity contribution in [2.45, 2.75) is 51.2 Å². The number of fused-ring (bicyclic) bond motifs is 4. The molecule has 0 radical (unpaired) electrons. The second-order valence-corrected chi connectivity index (χ2v) is 15.5. The Bertz CT molecular complexity index is 1410. The number of phenolic OH excluding ortho intramolecular Hbond substituents is 1. The summed E-state index contributed by atoms with van der Waals surface area (Å²) >= 11 is 0. The van der Waals surface area contributed by atoms with E-state index in [1.165, 1.54) is 24.2 Å². The molecule has 1 unspecified atom stereocenters. The van der Waals surface area contributed by atoms with Gasteiger partial charge in [-0.25, -0.2) is 0 Å². The van der Waals surface area contributed by atoms with Gasteiger partial charge in [-0.1, -0.05) is 67.7 Å². The molecule has 0 saturated carbocycles. The SMILES string of the molecule is CC(=O)Oc1cccc2c1C(=O)c1c3c(cc(O)c1C2=O)CC(C)([Si](C)(C)c1ccccc1)CC3. The predicted octanol–water partition coefficient (Wildman–Crippen LogP) is 4.96. The first-order valence-corrected chi connectivity index (χ1v) is 14.9. The van der Waals surface area contributed by atoms with Crippen LogP contribution >= 0.6 is 0 Å². The van der Waals surface area contributed by atoms with Crippen LogP contribution in [-0.4, -0.2) is 30.7 Å². The molecule has 5 rings (SSSR count). The van der Waals surface area contributed by atoms with E-state index in [9.17, 15) is 19.5 Å². The topological polar surface area (TPSA) is 80.7 Å². The van der Waals surface area contributed by atoms with Gasteiger partial charge in [0.2, 0.25) is 0 Å². The third-order valence-electron chi connectivity index (χ3n) is 8.22. The zero-order valence-electron chi connectivity index (χ0n) is 20.4. The van der Waals surface area contributed by atoms with Crippen LogP contribution in [0, 0.1) is 0 Å². The van der Waals surface area contributed by atoms with E-state index < -0.39 is 19.8 Å². The Kier molecular flexibility index (Phi) is 5.33. The summed E-state index contributed by atoms with van der Waals surface area (Å²) in [5.41, 5.74) is 2.31. The molecule has 0 aromatic heterocycles. The van der Waals surface area contributed by atoms with E-state index >= 15 is 0 Å². The monoisotopic (exact) mass is 484 g/mol. The highest BCUT2D eigenvalue weighted by Crippen LogP contribution is 2.51. The molecule has 0 fully saturated rings. The molecule has 0 spiro atoms. The van der Waals surface area contributed by atoms with Gasteiger partial charge in [-0.2, -0.15) is 0 Å². The molecule has 0 amide bonds. The summed E-state index contributed by atoms with van der Waals surface area (Å²) in [6, 6.07) is 16.9. The van der Waals surface area contributed by atoms with Crippen LogP contribution in [0.1, 0.15) is 63.2 Å². The van der Waals surface area contributed by atoms with Crippen molar-refractivity contribution < 1.29 is 24.2 Å². The van der Waals surface area contributed by atoms with E-state index in [1.807, 2.05) is 6.07 Å². The maximum Gasteiger partial charge on any atom is 0.308 e. The van der Waals surface area contributed by atoms with Gasteiger partial charge >= 0.3 is 5.97 Å². The fourth-order valence-corrected chi connectivity index (χ4v) is 8.89. The number of carbonyl (C=O) groups is 3. The number of hydrogen-bond acceptors (Lipinski definition) is 5. The first-order valence-electron chi connectivity index (χ1n) is 11.9. The van der Waals surface area contributed by atoms with Crippen molar-refractivity contribution in [3.05, 3.63) is 88.0 Å². The molecule has 0 bridgehead atoms. The molecular formula is C29H28O5Si. The fraction of sp³-hybridized carbons (Fsp3) is 0.276. The second-order valence-electron chi connectivity index (χ2n) is 10.4. The Morgan fingerprint density at radius 3 is 2.37 bits per heavy atom. The molecule has 0 heterocycles. The minimum Gasteiger partial charge on any atom is -0.507 e. The lowest BCUT2D eigenvalue weighted by atomic mass is 9.74. The zero-order chi connectivity index (χ0) is 25.1. The van der Waals surface area contributed by atoms with Crippen LogP contribution in [0.2, 0.25) is 18.1 Å². The lowest BCUT2D eigenvalue weighted by Gasteiger charge is -2.47. The Morgan fingerprint density at radius 2 is 1.69 bits per heavy atom. The third kappa shape index (κ3) is 3.47. The molecule has 1 atom stereocenters. The molecule has 35 heavy (non-hydrogen) atoms. The van der Waals surface area contributed by atoms with Crippen LogP contribution in [-0.2, 0) is 17.6 Å². The number of rotatable bonds is 3.